The topological polar surface area (TPSA) is 58.4 Å². The second kappa shape index (κ2) is 5.78. The molecule has 6 heteroatoms. The van der Waals surface area contributed by atoms with Gasteiger partial charge in [0, 0.05) is 25.8 Å². The number of carbonyl (C=O) groups is 1. The number of benzene rings is 2. The van der Waals surface area contributed by atoms with E-state index in [1.165, 1.54) is 0 Å². The Morgan fingerprint density at radius 2 is 1.76 bits per heavy atom. The highest BCUT2D eigenvalue weighted by atomic mass is 19.2. The van der Waals surface area contributed by atoms with Gasteiger partial charge >= 0.3 is 0 Å². The van der Waals surface area contributed by atoms with Crippen molar-refractivity contribution in [1.29, 1.82) is 0 Å². The van der Waals surface area contributed by atoms with Crippen molar-refractivity contribution in [3.05, 3.63) is 53.6 Å². The number of para-hydroxylation sites is 2. The van der Waals surface area contributed by atoms with Crippen LogP contribution in [0.25, 0.3) is 0 Å². The molecule has 2 aromatic carbocycles. The largest absolute Gasteiger partial charge is 0.398 e. The molecule has 0 aliphatic heterocycles. The number of amides is 1. The summed E-state index contributed by atoms with van der Waals surface area (Å²) in [5.74, 6) is -2.80. The van der Waals surface area contributed by atoms with Gasteiger partial charge in [-0.25, -0.2) is 8.78 Å². The van der Waals surface area contributed by atoms with E-state index in [0.717, 1.165) is 17.8 Å². The van der Waals surface area contributed by atoms with Gasteiger partial charge in [0.1, 0.15) is 0 Å². The predicted molar refractivity (Wildman–Crippen MR) is 79.5 cm³/mol. The number of nitrogens with one attached hydrogen (secondary N) is 1. The van der Waals surface area contributed by atoms with Gasteiger partial charge in [-0.1, -0.05) is 12.1 Å². The fraction of sp³-hybridized carbons (Fsp3) is 0.133. The number of nitrogen functional groups attached to an aromatic ring is 1. The van der Waals surface area contributed by atoms with Gasteiger partial charge in [0.25, 0.3) is 5.91 Å². The molecule has 3 N–H and O–H groups in total. The van der Waals surface area contributed by atoms with Crippen LogP contribution in [0.2, 0.25) is 0 Å². The number of hydrogen-bond donors (Lipinski definition) is 2. The first-order valence-corrected chi connectivity index (χ1v) is 6.22. The molecule has 0 aliphatic rings. The molecule has 1 amide bonds. The molecule has 0 aromatic heterocycles. The lowest BCUT2D eigenvalue weighted by molar-refractivity contribution is 0.102. The number of rotatable bonds is 3. The first kappa shape index (κ1) is 14.8. The van der Waals surface area contributed by atoms with E-state index in [1.54, 1.807) is 12.1 Å². The summed E-state index contributed by atoms with van der Waals surface area (Å²) in [5.41, 5.74) is 6.68. The van der Waals surface area contributed by atoms with Crippen LogP contribution in [-0.4, -0.2) is 20.0 Å². The summed E-state index contributed by atoms with van der Waals surface area (Å²) in [6.45, 7) is 0. The molecule has 0 heterocycles. The van der Waals surface area contributed by atoms with Crippen LogP contribution in [0, 0.1) is 11.6 Å². The van der Waals surface area contributed by atoms with Crippen molar-refractivity contribution in [3.8, 4) is 0 Å². The third-order valence-electron chi connectivity index (χ3n) is 2.97. The molecule has 21 heavy (non-hydrogen) atoms. The molecular weight excluding hydrogens is 276 g/mol. The second-order valence-corrected chi connectivity index (χ2v) is 4.72. The van der Waals surface area contributed by atoms with E-state index in [-0.39, 0.29) is 11.3 Å². The summed E-state index contributed by atoms with van der Waals surface area (Å²) < 4.78 is 26.3. The van der Waals surface area contributed by atoms with E-state index in [9.17, 15) is 13.6 Å². The molecule has 2 aromatic rings. The van der Waals surface area contributed by atoms with Crippen molar-refractivity contribution in [2.75, 3.05) is 30.0 Å². The Balaban J connectivity index is 2.33. The third-order valence-corrected chi connectivity index (χ3v) is 2.97. The molecule has 0 spiro atoms. The SMILES string of the molecule is CN(C)c1ccccc1NC(=O)c1cc(F)c(F)cc1N. The monoisotopic (exact) mass is 291 g/mol. The molecule has 0 radical (unpaired) electrons. The minimum atomic E-state index is -1.12. The molecule has 0 atom stereocenters. The summed E-state index contributed by atoms with van der Waals surface area (Å²) in [5, 5.41) is 2.65. The lowest BCUT2D eigenvalue weighted by Crippen LogP contribution is -2.18. The van der Waals surface area contributed by atoms with Crippen LogP contribution in [0.1, 0.15) is 10.4 Å². The Bertz CT molecular complexity index is 687. The zero-order valence-electron chi connectivity index (χ0n) is 11.7. The van der Waals surface area contributed by atoms with E-state index < -0.39 is 17.5 Å². The van der Waals surface area contributed by atoms with Gasteiger partial charge in [0.2, 0.25) is 0 Å². The first-order valence-electron chi connectivity index (χ1n) is 6.22. The van der Waals surface area contributed by atoms with Gasteiger partial charge in [-0.2, -0.15) is 0 Å². The van der Waals surface area contributed by atoms with E-state index in [4.69, 9.17) is 5.73 Å². The van der Waals surface area contributed by atoms with Crippen LogP contribution in [0.4, 0.5) is 25.8 Å². The van der Waals surface area contributed by atoms with Crippen LogP contribution in [0.15, 0.2) is 36.4 Å². The lowest BCUT2D eigenvalue weighted by Gasteiger charge is -2.18. The van der Waals surface area contributed by atoms with E-state index in [1.807, 2.05) is 31.1 Å². The Morgan fingerprint density at radius 1 is 1.14 bits per heavy atom. The molecule has 4 nitrogen and oxygen atoms in total. The highest BCUT2D eigenvalue weighted by Gasteiger charge is 2.16. The normalized spacial score (nSPS) is 10.3. The lowest BCUT2D eigenvalue weighted by atomic mass is 10.1. The zero-order valence-corrected chi connectivity index (χ0v) is 11.7. The number of halogens is 2. The fourth-order valence-corrected chi connectivity index (χ4v) is 1.92. The van der Waals surface area contributed by atoms with Crippen molar-refractivity contribution < 1.29 is 13.6 Å². The molecule has 0 bridgehead atoms. The Hall–Kier alpha value is -2.63. The summed E-state index contributed by atoms with van der Waals surface area (Å²) in [4.78, 5) is 14.0. The molecule has 0 saturated carbocycles. The Kier molecular flexibility index (Phi) is 4.07. The van der Waals surface area contributed by atoms with Gasteiger partial charge in [-0.05, 0) is 18.2 Å². The number of hydrogen-bond acceptors (Lipinski definition) is 3. The maximum atomic E-state index is 13.2. The molecule has 0 unspecified atom stereocenters. The van der Waals surface area contributed by atoms with Crippen molar-refractivity contribution in [3.63, 3.8) is 0 Å². The summed E-state index contributed by atoms with van der Waals surface area (Å²) in [7, 11) is 3.66. The molecule has 0 aliphatic carbocycles. The van der Waals surface area contributed by atoms with Crippen LogP contribution in [0.3, 0.4) is 0 Å². The van der Waals surface area contributed by atoms with Gasteiger partial charge < -0.3 is 16.0 Å². The van der Waals surface area contributed by atoms with Gasteiger partial charge in [0.15, 0.2) is 11.6 Å². The van der Waals surface area contributed by atoms with Crippen LogP contribution >= 0.6 is 0 Å². The van der Waals surface area contributed by atoms with Crippen molar-refractivity contribution in [2.24, 2.45) is 0 Å². The standard InChI is InChI=1S/C15H15F2N3O/c1-20(2)14-6-4-3-5-13(14)19-15(21)9-7-10(16)11(17)8-12(9)18/h3-8H,18H2,1-2H3,(H,19,21). The van der Waals surface area contributed by atoms with Crippen molar-refractivity contribution >= 4 is 23.0 Å². The quantitative estimate of drug-likeness (QED) is 0.855. The molecule has 2 rings (SSSR count). The van der Waals surface area contributed by atoms with E-state index >= 15 is 0 Å². The smallest absolute Gasteiger partial charge is 0.257 e. The number of nitrogens with two attached hydrogens (primary N) is 1. The van der Waals surface area contributed by atoms with Crippen molar-refractivity contribution in [1.82, 2.24) is 0 Å². The van der Waals surface area contributed by atoms with E-state index in [0.29, 0.717) is 5.69 Å². The first-order chi connectivity index (χ1) is 9.90. The van der Waals surface area contributed by atoms with Gasteiger partial charge in [0.05, 0.1) is 16.9 Å². The average Bonchev–Trinajstić information content (AvgIpc) is 2.43. The Labute approximate surface area is 121 Å². The van der Waals surface area contributed by atoms with Crippen LogP contribution < -0.4 is 16.0 Å². The fourth-order valence-electron chi connectivity index (χ4n) is 1.92. The summed E-state index contributed by atoms with van der Waals surface area (Å²) in [6, 6.07) is 8.71. The molecule has 0 fully saturated rings. The van der Waals surface area contributed by atoms with Crippen LogP contribution in [-0.2, 0) is 0 Å². The van der Waals surface area contributed by atoms with E-state index in [2.05, 4.69) is 5.32 Å². The number of carbonyl (C=O) groups excluding carboxylic acids is 1. The summed E-state index contributed by atoms with van der Waals surface area (Å²) in [6.07, 6.45) is 0. The zero-order chi connectivity index (χ0) is 15.6. The highest BCUT2D eigenvalue weighted by molar-refractivity contribution is 6.09. The number of nitrogens with zero attached hydrogens (tertiary/aromatic N) is 1. The second-order valence-electron chi connectivity index (χ2n) is 4.72. The molecule has 0 saturated heterocycles. The van der Waals surface area contributed by atoms with Gasteiger partial charge in [-0.3, -0.25) is 4.79 Å². The summed E-state index contributed by atoms with van der Waals surface area (Å²) >= 11 is 0. The minimum absolute atomic E-state index is 0.109. The average molecular weight is 291 g/mol. The number of anilines is 3. The molecule has 110 valence electrons. The highest BCUT2D eigenvalue weighted by Crippen LogP contribution is 2.25. The minimum Gasteiger partial charge on any atom is -0.398 e. The maximum absolute atomic E-state index is 13.2. The Morgan fingerprint density at radius 3 is 2.43 bits per heavy atom. The third kappa shape index (κ3) is 3.10. The van der Waals surface area contributed by atoms with Crippen molar-refractivity contribution in [2.45, 2.75) is 0 Å². The maximum Gasteiger partial charge on any atom is 0.257 e. The predicted octanol–water partition coefficient (Wildman–Crippen LogP) is 2.87. The van der Waals surface area contributed by atoms with Crippen LogP contribution in [0.5, 0.6) is 0 Å². The molecular formula is C15H15F2N3O. The van der Waals surface area contributed by atoms with Gasteiger partial charge in [-0.15, -0.1) is 0 Å².